The summed E-state index contributed by atoms with van der Waals surface area (Å²) in [6.45, 7) is 4.11. The standard InChI is InChI=1S/C22H30N2O2S/c1-16(2)27(25,26)24-22-5-3-4-21(22)20-12-10-19(11-13-20)18-8-6-17(7-9-18)14-15-23/h6-13,16,21-22,24H,3-5,14-15,23H2,1-2H3. The highest BCUT2D eigenvalue weighted by Gasteiger charge is 2.32. The molecule has 0 bridgehead atoms. The fourth-order valence-electron chi connectivity index (χ4n) is 3.80. The van der Waals surface area contributed by atoms with Crippen molar-refractivity contribution >= 4 is 10.0 Å². The molecular weight excluding hydrogens is 356 g/mol. The summed E-state index contributed by atoms with van der Waals surface area (Å²) in [5, 5.41) is -0.400. The second-order valence-electron chi connectivity index (χ2n) is 7.71. The van der Waals surface area contributed by atoms with Gasteiger partial charge in [0.05, 0.1) is 5.25 Å². The smallest absolute Gasteiger partial charge is 0.214 e. The van der Waals surface area contributed by atoms with E-state index in [2.05, 4.69) is 53.3 Å². The van der Waals surface area contributed by atoms with E-state index in [1.807, 2.05) is 0 Å². The summed E-state index contributed by atoms with van der Waals surface area (Å²) in [6.07, 6.45) is 3.88. The highest BCUT2D eigenvalue weighted by Crippen LogP contribution is 2.36. The van der Waals surface area contributed by atoms with Crippen molar-refractivity contribution in [3.63, 3.8) is 0 Å². The number of hydrogen-bond donors (Lipinski definition) is 2. The van der Waals surface area contributed by atoms with Crippen molar-refractivity contribution in [3.8, 4) is 11.1 Å². The minimum Gasteiger partial charge on any atom is -0.330 e. The van der Waals surface area contributed by atoms with Crippen LogP contribution in [-0.2, 0) is 16.4 Å². The summed E-state index contributed by atoms with van der Waals surface area (Å²) in [4.78, 5) is 0. The molecule has 5 heteroatoms. The minimum atomic E-state index is -3.24. The molecule has 1 aliphatic carbocycles. The van der Waals surface area contributed by atoms with Crippen LogP contribution in [-0.4, -0.2) is 26.3 Å². The Hall–Kier alpha value is -1.69. The van der Waals surface area contributed by atoms with E-state index in [9.17, 15) is 8.42 Å². The molecule has 0 spiro atoms. The molecule has 3 rings (SSSR count). The average Bonchev–Trinajstić information content (AvgIpc) is 3.10. The first-order valence-corrected chi connectivity index (χ1v) is 11.4. The maximum atomic E-state index is 12.3. The summed E-state index contributed by atoms with van der Waals surface area (Å²) in [7, 11) is -3.24. The third kappa shape index (κ3) is 4.78. The molecule has 2 unspecified atom stereocenters. The van der Waals surface area contributed by atoms with Crippen LogP contribution < -0.4 is 10.5 Å². The normalized spacial score (nSPS) is 20.3. The number of hydrogen-bond acceptors (Lipinski definition) is 3. The maximum Gasteiger partial charge on any atom is 0.214 e. The van der Waals surface area contributed by atoms with Crippen molar-refractivity contribution in [1.29, 1.82) is 0 Å². The molecule has 0 saturated heterocycles. The van der Waals surface area contributed by atoms with E-state index in [-0.39, 0.29) is 12.0 Å². The molecule has 0 amide bonds. The molecule has 4 nitrogen and oxygen atoms in total. The molecule has 0 aromatic heterocycles. The summed E-state index contributed by atoms with van der Waals surface area (Å²) < 4.78 is 27.4. The Morgan fingerprint density at radius 3 is 2.15 bits per heavy atom. The van der Waals surface area contributed by atoms with Crippen molar-refractivity contribution in [3.05, 3.63) is 59.7 Å². The Bertz CT molecular complexity index is 843. The van der Waals surface area contributed by atoms with Crippen LogP contribution in [0.15, 0.2) is 48.5 Å². The molecule has 1 aliphatic rings. The van der Waals surface area contributed by atoms with Crippen molar-refractivity contribution in [2.45, 2.75) is 56.7 Å². The van der Waals surface area contributed by atoms with Gasteiger partial charge in [-0.2, -0.15) is 0 Å². The monoisotopic (exact) mass is 386 g/mol. The lowest BCUT2D eigenvalue weighted by atomic mass is 9.92. The van der Waals surface area contributed by atoms with Gasteiger partial charge in [0.2, 0.25) is 10.0 Å². The minimum absolute atomic E-state index is 0.00111. The van der Waals surface area contributed by atoms with Crippen LogP contribution >= 0.6 is 0 Å². The second-order valence-corrected chi connectivity index (χ2v) is 9.98. The Morgan fingerprint density at radius 1 is 1.00 bits per heavy atom. The van der Waals surface area contributed by atoms with Gasteiger partial charge >= 0.3 is 0 Å². The van der Waals surface area contributed by atoms with Crippen molar-refractivity contribution < 1.29 is 8.42 Å². The summed E-state index contributed by atoms with van der Waals surface area (Å²) in [5.41, 5.74) is 10.4. The van der Waals surface area contributed by atoms with Crippen molar-refractivity contribution in [1.82, 2.24) is 4.72 Å². The average molecular weight is 387 g/mol. The number of nitrogens with two attached hydrogens (primary N) is 1. The SMILES string of the molecule is CC(C)S(=O)(=O)NC1CCCC1c1ccc(-c2ccc(CCN)cc2)cc1. The van der Waals surface area contributed by atoms with E-state index in [0.717, 1.165) is 25.7 Å². The van der Waals surface area contributed by atoms with Crippen molar-refractivity contribution in [2.24, 2.45) is 5.73 Å². The van der Waals surface area contributed by atoms with Crippen LogP contribution in [0.1, 0.15) is 50.2 Å². The first kappa shape index (κ1) is 20.1. The molecule has 2 atom stereocenters. The number of nitrogens with one attached hydrogen (secondary N) is 1. The molecule has 3 N–H and O–H groups in total. The first-order valence-electron chi connectivity index (χ1n) is 9.81. The van der Waals surface area contributed by atoms with E-state index in [1.165, 1.54) is 22.3 Å². The molecule has 0 heterocycles. The van der Waals surface area contributed by atoms with Gasteiger partial charge in [0, 0.05) is 12.0 Å². The largest absolute Gasteiger partial charge is 0.330 e. The first-order chi connectivity index (χ1) is 12.9. The highest BCUT2D eigenvalue weighted by molar-refractivity contribution is 7.90. The molecule has 2 aromatic rings. The van der Waals surface area contributed by atoms with Crippen LogP contribution in [0, 0.1) is 0 Å². The van der Waals surface area contributed by atoms with Crippen LogP contribution in [0.3, 0.4) is 0 Å². The van der Waals surface area contributed by atoms with E-state index >= 15 is 0 Å². The molecule has 0 radical (unpaired) electrons. The quantitative estimate of drug-likeness (QED) is 0.760. The zero-order valence-electron chi connectivity index (χ0n) is 16.2. The third-order valence-corrected chi connectivity index (χ3v) is 7.38. The van der Waals surface area contributed by atoms with E-state index in [0.29, 0.717) is 6.54 Å². The number of sulfonamides is 1. The molecule has 146 valence electrons. The Morgan fingerprint density at radius 2 is 1.59 bits per heavy atom. The van der Waals surface area contributed by atoms with Gasteiger partial charge in [-0.3, -0.25) is 0 Å². The maximum absolute atomic E-state index is 12.3. The topological polar surface area (TPSA) is 72.2 Å². The van der Waals surface area contributed by atoms with Crippen molar-refractivity contribution in [2.75, 3.05) is 6.54 Å². The lowest BCUT2D eigenvalue weighted by molar-refractivity contribution is 0.519. The highest BCUT2D eigenvalue weighted by atomic mass is 32.2. The zero-order chi connectivity index (χ0) is 19.4. The zero-order valence-corrected chi connectivity index (χ0v) is 17.0. The fraction of sp³-hybridized carbons (Fsp3) is 0.455. The lowest BCUT2D eigenvalue weighted by Crippen LogP contribution is -2.40. The summed E-state index contributed by atoms with van der Waals surface area (Å²) in [6, 6.07) is 17.1. The molecule has 27 heavy (non-hydrogen) atoms. The molecule has 2 aromatic carbocycles. The van der Waals surface area contributed by atoms with Gasteiger partial charge in [-0.15, -0.1) is 0 Å². The Kier molecular flexibility index (Phi) is 6.35. The third-order valence-electron chi connectivity index (χ3n) is 5.51. The Labute approximate surface area is 163 Å². The van der Waals surface area contributed by atoms with Crippen LogP contribution in [0.4, 0.5) is 0 Å². The van der Waals surface area contributed by atoms with Gasteiger partial charge in [-0.05, 0) is 61.9 Å². The van der Waals surface area contributed by atoms with Crippen LogP contribution in [0.5, 0.6) is 0 Å². The van der Waals surface area contributed by atoms with Gasteiger partial charge in [0.1, 0.15) is 0 Å². The second kappa shape index (κ2) is 8.55. The summed E-state index contributed by atoms with van der Waals surface area (Å²) in [5.74, 6) is 0.250. The molecule has 1 saturated carbocycles. The predicted octanol–water partition coefficient (Wildman–Crippen LogP) is 3.82. The van der Waals surface area contributed by atoms with E-state index in [1.54, 1.807) is 13.8 Å². The van der Waals surface area contributed by atoms with E-state index in [4.69, 9.17) is 5.73 Å². The van der Waals surface area contributed by atoms with Gasteiger partial charge in [0.15, 0.2) is 0 Å². The molecular formula is C22H30N2O2S. The lowest BCUT2D eigenvalue weighted by Gasteiger charge is -2.23. The van der Waals surface area contributed by atoms with Gasteiger partial charge in [-0.25, -0.2) is 13.1 Å². The molecule has 1 fully saturated rings. The fourth-order valence-corrected chi connectivity index (χ4v) is 4.78. The Balaban J connectivity index is 1.74. The van der Waals surface area contributed by atoms with Gasteiger partial charge in [-0.1, -0.05) is 55.0 Å². The van der Waals surface area contributed by atoms with Gasteiger partial charge in [0.25, 0.3) is 0 Å². The predicted molar refractivity (Wildman–Crippen MR) is 112 cm³/mol. The molecule has 0 aliphatic heterocycles. The van der Waals surface area contributed by atoms with Crippen LogP contribution in [0.2, 0.25) is 0 Å². The summed E-state index contributed by atoms with van der Waals surface area (Å²) >= 11 is 0. The number of rotatable bonds is 7. The van der Waals surface area contributed by atoms with Gasteiger partial charge < -0.3 is 5.73 Å². The van der Waals surface area contributed by atoms with Crippen LogP contribution in [0.25, 0.3) is 11.1 Å². The van der Waals surface area contributed by atoms with E-state index < -0.39 is 15.3 Å². The number of benzene rings is 2.